The molecule has 0 radical (unpaired) electrons. The van der Waals surface area contributed by atoms with Crippen molar-refractivity contribution in [1.29, 1.82) is 0 Å². The van der Waals surface area contributed by atoms with E-state index in [4.69, 9.17) is 0 Å². The van der Waals surface area contributed by atoms with Gasteiger partial charge in [0.2, 0.25) is 5.91 Å². The van der Waals surface area contributed by atoms with Gasteiger partial charge in [0, 0.05) is 31.9 Å². The first-order valence-corrected chi connectivity index (χ1v) is 4.39. The van der Waals surface area contributed by atoms with Gasteiger partial charge in [-0.15, -0.1) is 0 Å². The Labute approximate surface area is 73.4 Å². The first-order chi connectivity index (χ1) is 5.74. The molecule has 1 rings (SSSR count). The number of nitrogens with one attached hydrogen (secondary N) is 1. The Morgan fingerprint density at radius 2 is 2.00 bits per heavy atom. The number of hydrogen-bond donors (Lipinski definition) is 1. The second-order valence-electron chi connectivity index (χ2n) is 3.09. The van der Waals surface area contributed by atoms with Crippen LogP contribution in [0.5, 0.6) is 0 Å². The van der Waals surface area contributed by atoms with Gasteiger partial charge in [0.25, 0.3) is 0 Å². The first kappa shape index (κ1) is 9.10. The summed E-state index contributed by atoms with van der Waals surface area (Å²) in [6.45, 7) is 4.18. The number of likely N-dealkylation sites (tertiary alicyclic amines) is 1. The fraction of sp³-hybridized carbons (Fsp3) is 0.667. The second kappa shape index (κ2) is 4.14. The molecule has 1 fully saturated rings. The molecule has 68 valence electrons. The Hall–Kier alpha value is -0.990. The van der Waals surface area contributed by atoms with Crippen LogP contribution in [-0.4, -0.2) is 30.9 Å². The van der Waals surface area contributed by atoms with Crippen LogP contribution in [0.1, 0.15) is 19.8 Å². The molecule has 3 heteroatoms. The molecule has 1 aliphatic rings. The summed E-state index contributed by atoms with van der Waals surface area (Å²) in [7, 11) is 1.65. The highest BCUT2D eigenvalue weighted by Crippen LogP contribution is 2.13. The van der Waals surface area contributed by atoms with Gasteiger partial charge in [-0.05, 0) is 19.8 Å². The Bertz CT molecular complexity index is 193. The van der Waals surface area contributed by atoms with Crippen LogP contribution in [0.3, 0.4) is 0 Å². The zero-order valence-electron chi connectivity index (χ0n) is 7.76. The third kappa shape index (κ3) is 2.26. The molecular formula is C9H16N2O. The molecule has 0 aromatic heterocycles. The number of rotatable bonds is 2. The molecule has 1 saturated heterocycles. The van der Waals surface area contributed by atoms with Gasteiger partial charge in [0.1, 0.15) is 0 Å². The van der Waals surface area contributed by atoms with Crippen molar-refractivity contribution >= 4 is 5.91 Å². The summed E-state index contributed by atoms with van der Waals surface area (Å²) in [5.41, 5.74) is 1.08. The number of amides is 1. The zero-order valence-corrected chi connectivity index (χ0v) is 7.76. The number of carbonyl (C=O) groups is 1. The summed E-state index contributed by atoms with van der Waals surface area (Å²) >= 11 is 0. The highest BCUT2D eigenvalue weighted by atomic mass is 16.1. The minimum atomic E-state index is -0.0144. The van der Waals surface area contributed by atoms with E-state index in [2.05, 4.69) is 10.2 Å². The van der Waals surface area contributed by atoms with Crippen LogP contribution in [0.25, 0.3) is 0 Å². The summed E-state index contributed by atoms with van der Waals surface area (Å²) in [5, 5.41) is 2.58. The highest BCUT2D eigenvalue weighted by Gasteiger charge is 2.11. The van der Waals surface area contributed by atoms with Crippen LogP contribution in [0.2, 0.25) is 0 Å². The quantitative estimate of drug-likeness (QED) is 0.616. The lowest BCUT2D eigenvalue weighted by Crippen LogP contribution is -2.21. The van der Waals surface area contributed by atoms with Gasteiger partial charge in [-0.1, -0.05) is 0 Å². The molecule has 0 atom stereocenters. The number of allylic oxidation sites excluding steroid dienone is 1. The number of likely N-dealkylation sites (N-methyl/N-ethyl adjacent to an activating group) is 1. The van der Waals surface area contributed by atoms with Crippen molar-refractivity contribution in [3.63, 3.8) is 0 Å². The van der Waals surface area contributed by atoms with E-state index in [1.807, 2.05) is 6.92 Å². The van der Waals surface area contributed by atoms with Crippen LogP contribution in [-0.2, 0) is 4.79 Å². The van der Waals surface area contributed by atoms with Crippen molar-refractivity contribution in [3.05, 3.63) is 11.8 Å². The Morgan fingerprint density at radius 1 is 1.42 bits per heavy atom. The third-order valence-corrected chi connectivity index (χ3v) is 2.19. The molecular weight excluding hydrogens is 152 g/mol. The number of carbonyl (C=O) groups excluding carboxylic acids is 1. The number of hydrogen-bond acceptors (Lipinski definition) is 2. The summed E-state index contributed by atoms with van der Waals surface area (Å²) in [4.78, 5) is 13.2. The summed E-state index contributed by atoms with van der Waals surface area (Å²) in [6, 6.07) is 0. The minimum Gasteiger partial charge on any atom is -0.375 e. The third-order valence-electron chi connectivity index (χ3n) is 2.19. The van der Waals surface area contributed by atoms with E-state index in [1.54, 1.807) is 13.1 Å². The van der Waals surface area contributed by atoms with Crippen LogP contribution in [0, 0.1) is 0 Å². The Kier molecular flexibility index (Phi) is 3.14. The van der Waals surface area contributed by atoms with Crippen LogP contribution >= 0.6 is 0 Å². The largest absolute Gasteiger partial charge is 0.375 e. The van der Waals surface area contributed by atoms with Crippen LogP contribution < -0.4 is 5.32 Å². The Balaban J connectivity index is 2.49. The molecule has 0 bridgehead atoms. The lowest BCUT2D eigenvalue weighted by molar-refractivity contribution is -0.116. The van der Waals surface area contributed by atoms with Crippen molar-refractivity contribution in [3.8, 4) is 0 Å². The van der Waals surface area contributed by atoms with E-state index in [9.17, 15) is 4.79 Å². The number of nitrogens with zero attached hydrogens (tertiary/aromatic N) is 1. The Morgan fingerprint density at radius 3 is 2.50 bits per heavy atom. The molecule has 1 aliphatic heterocycles. The minimum absolute atomic E-state index is 0.0144. The predicted octanol–water partition coefficient (Wildman–Crippen LogP) is 0.732. The molecule has 0 spiro atoms. The molecule has 1 amide bonds. The molecule has 0 unspecified atom stereocenters. The van der Waals surface area contributed by atoms with Crippen molar-refractivity contribution in [2.24, 2.45) is 0 Å². The lowest BCUT2D eigenvalue weighted by Gasteiger charge is -2.17. The highest BCUT2D eigenvalue weighted by molar-refractivity contribution is 5.87. The summed E-state index contributed by atoms with van der Waals surface area (Å²) in [5.74, 6) is -0.0144. The first-order valence-electron chi connectivity index (χ1n) is 4.39. The van der Waals surface area contributed by atoms with E-state index < -0.39 is 0 Å². The van der Waals surface area contributed by atoms with Crippen molar-refractivity contribution < 1.29 is 4.79 Å². The van der Waals surface area contributed by atoms with Gasteiger partial charge in [-0.25, -0.2) is 0 Å². The molecule has 3 nitrogen and oxygen atoms in total. The molecule has 1 N–H and O–H groups in total. The molecule has 12 heavy (non-hydrogen) atoms. The molecule has 0 aromatic carbocycles. The van der Waals surface area contributed by atoms with Crippen LogP contribution in [0.15, 0.2) is 11.8 Å². The van der Waals surface area contributed by atoms with E-state index in [0.29, 0.717) is 0 Å². The van der Waals surface area contributed by atoms with Crippen LogP contribution in [0.4, 0.5) is 0 Å². The van der Waals surface area contributed by atoms with Gasteiger partial charge in [-0.2, -0.15) is 0 Å². The van der Waals surface area contributed by atoms with E-state index >= 15 is 0 Å². The van der Waals surface area contributed by atoms with Gasteiger partial charge in [0.05, 0.1) is 0 Å². The normalized spacial score (nSPS) is 18.2. The van der Waals surface area contributed by atoms with Crippen molar-refractivity contribution in [1.82, 2.24) is 10.2 Å². The molecule has 1 heterocycles. The summed E-state index contributed by atoms with van der Waals surface area (Å²) < 4.78 is 0. The van der Waals surface area contributed by atoms with E-state index in [0.717, 1.165) is 18.8 Å². The monoisotopic (exact) mass is 168 g/mol. The molecule has 0 aliphatic carbocycles. The van der Waals surface area contributed by atoms with Gasteiger partial charge in [0.15, 0.2) is 0 Å². The maximum absolute atomic E-state index is 11.0. The molecule has 0 aromatic rings. The zero-order chi connectivity index (χ0) is 8.97. The lowest BCUT2D eigenvalue weighted by atomic mass is 10.4. The maximum atomic E-state index is 11.0. The fourth-order valence-corrected chi connectivity index (χ4v) is 1.42. The van der Waals surface area contributed by atoms with E-state index in [-0.39, 0.29) is 5.91 Å². The predicted molar refractivity (Wildman–Crippen MR) is 48.6 cm³/mol. The average molecular weight is 168 g/mol. The van der Waals surface area contributed by atoms with Crippen molar-refractivity contribution in [2.45, 2.75) is 19.8 Å². The second-order valence-corrected chi connectivity index (χ2v) is 3.09. The summed E-state index contributed by atoms with van der Waals surface area (Å²) in [6.07, 6.45) is 4.16. The van der Waals surface area contributed by atoms with E-state index in [1.165, 1.54) is 12.8 Å². The smallest absolute Gasteiger partial charge is 0.245 e. The van der Waals surface area contributed by atoms with Gasteiger partial charge in [-0.3, -0.25) is 4.79 Å². The average Bonchev–Trinajstić information content (AvgIpc) is 2.56. The standard InChI is InChI=1S/C9H16N2O/c1-8(7-9(12)10-2)11-5-3-4-6-11/h7H,3-6H2,1-2H3,(H,10,12). The topological polar surface area (TPSA) is 32.3 Å². The van der Waals surface area contributed by atoms with Gasteiger partial charge >= 0.3 is 0 Å². The fourth-order valence-electron chi connectivity index (χ4n) is 1.42. The molecule has 0 saturated carbocycles. The van der Waals surface area contributed by atoms with Crippen molar-refractivity contribution in [2.75, 3.05) is 20.1 Å². The maximum Gasteiger partial charge on any atom is 0.245 e. The SMILES string of the molecule is CNC(=O)C=C(C)N1CCCC1. The van der Waals surface area contributed by atoms with Gasteiger partial charge < -0.3 is 10.2 Å².